The Bertz CT molecular complexity index is 269. The van der Waals surface area contributed by atoms with Gasteiger partial charge in [0.25, 0.3) is 0 Å². The van der Waals surface area contributed by atoms with Crippen LogP contribution in [0.1, 0.15) is 26.7 Å². The molecule has 0 aliphatic carbocycles. The average molecular weight is 234 g/mol. The first-order valence-electron chi connectivity index (χ1n) is 5.77. The van der Waals surface area contributed by atoms with Crippen LogP contribution in [0.2, 0.25) is 0 Å². The van der Waals surface area contributed by atoms with Crippen molar-refractivity contribution in [3.05, 3.63) is 0 Å². The maximum absolute atomic E-state index is 11.2. The second-order valence-electron chi connectivity index (χ2n) is 4.13. The Balaban J connectivity index is 2.25. The molecule has 1 N–H and O–H groups in total. The number of hydrogen-bond acceptors (Lipinski definition) is 3. The third-order valence-corrected chi connectivity index (χ3v) is 4.49. The van der Waals surface area contributed by atoms with Crippen LogP contribution in [0.25, 0.3) is 0 Å². The molecule has 1 aliphatic heterocycles. The molecule has 4 nitrogen and oxygen atoms in total. The Morgan fingerprint density at radius 2 is 1.87 bits per heavy atom. The molecule has 5 heteroatoms. The van der Waals surface area contributed by atoms with Crippen LogP contribution in [0.3, 0.4) is 0 Å². The predicted molar refractivity (Wildman–Crippen MR) is 62.3 cm³/mol. The van der Waals surface area contributed by atoms with E-state index in [1.165, 1.54) is 0 Å². The number of sulfonamides is 1. The fourth-order valence-electron chi connectivity index (χ4n) is 1.85. The van der Waals surface area contributed by atoms with Crippen molar-refractivity contribution >= 4 is 10.0 Å². The summed E-state index contributed by atoms with van der Waals surface area (Å²) in [4.78, 5) is 2.41. The van der Waals surface area contributed by atoms with Gasteiger partial charge < -0.3 is 4.90 Å². The Labute approximate surface area is 93.1 Å². The van der Waals surface area contributed by atoms with Gasteiger partial charge >= 0.3 is 0 Å². The van der Waals surface area contributed by atoms with Crippen molar-refractivity contribution < 1.29 is 8.42 Å². The normalized spacial score (nSPS) is 20.7. The topological polar surface area (TPSA) is 49.4 Å². The van der Waals surface area contributed by atoms with Crippen LogP contribution in [0.15, 0.2) is 0 Å². The number of hydrogen-bond donors (Lipinski definition) is 1. The number of piperidine rings is 1. The Morgan fingerprint density at radius 1 is 1.27 bits per heavy atom. The van der Waals surface area contributed by atoms with Crippen molar-refractivity contribution in [3.8, 4) is 0 Å². The molecule has 0 radical (unpaired) electrons. The number of nitrogens with zero attached hydrogens (tertiary/aromatic N) is 1. The molecule has 1 saturated heterocycles. The third-order valence-electron chi connectivity index (χ3n) is 3.13. The highest BCUT2D eigenvalue weighted by molar-refractivity contribution is 7.89. The van der Waals surface area contributed by atoms with Crippen LogP contribution in [0, 0.1) is 5.92 Å². The van der Waals surface area contributed by atoms with E-state index >= 15 is 0 Å². The lowest BCUT2D eigenvalue weighted by Crippen LogP contribution is -2.38. The molecule has 1 heterocycles. The van der Waals surface area contributed by atoms with Crippen molar-refractivity contribution in [1.29, 1.82) is 0 Å². The molecule has 0 spiro atoms. The standard InChI is InChI=1S/C10H22N2O2S/c1-3-12-7-5-10(6-8-12)9-11-15(13,14)4-2/h10-11H,3-9H2,1-2H3. The highest BCUT2D eigenvalue weighted by atomic mass is 32.2. The first-order chi connectivity index (χ1) is 7.07. The average Bonchev–Trinajstić information content (AvgIpc) is 2.27. The van der Waals surface area contributed by atoms with Crippen molar-refractivity contribution in [2.45, 2.75) is 26.7 Å². The summed E-state index contributed by atoms with van der Waals surface area (Å²) in [5.74, 6) is 0.704. The lowest BCUT2D eigenvalue weighted by Gasteiger charge is -2.30. The molecule has 90 valence electrons. The van der Waals surface area contributed by atoms with Gasteiger partial charge in [-0.25, -0.2) is 13.1 Å². The fourth-order valence-corrected chi connectivity index (χ4v) is 2.55. The van der Waals surface area contributed by atoms with Crippen molar-refractivity contribution in [2.75, 3.05) is 31.9 Å². The SMILES string of the molecule is CCN1CCC(CNS(=O)(=O)CC)CC1. The molecular formula is C10H22N2O2S. The first kappa shape index (κ1) is 12.9. The summed E-state index contributed by atoms with van der Waals surface area (Å²) in [6.07, 6.45) is 2.22. The van der Waals surface area contributed by atoms with E-state index < -0.39 is 10.0 Å². The van der Waals surface area contributed by atoms with Gasteiger partial charge in [0.15, 0.2) is 0 Å². The molecular weight excluding hydrogens is 212 g/mol. The van der Waals surface area contributed by atoms with Crippen molar-refractivity contribution in [3.63, 3.8) is 0 Å². The minimum absolute atomic E-state index is 0.181. The largest absolute Gasteiger partial charge is 0.304 e. The lowest BCUT2D eigenvalue weighted by atomic mass is 9.97. The second kappa shape index (κ2) is 5.82. The zero-order chi connectivity index (χ0) is 11.3. The maximum atomic E-state index is 11.2. The van der Waals surface area contributed by atoms with Crippen LogP contribution < -0.4 is 4.72 Å². The minimum Gasteiger partial charge on any atom is -0.304 e. The Morgan fingerprint density at radius 3 is 2.33 bits per heavy atom. The van der Waals surface area contributed by atoms with Crippen molar-refractivity contribution in [1.82, 2.24) is 9.62 Å². The van der Waals surface area contributed by atoms with Crippen LogP contribution in [0.4, 0.5) is 0 Å². The van der Waals surface area contributed by atoms with E-state index in [0.29, 0.717) is 12.5 Å². The van der Waals surface area contributed by atoms with E-state index in [0.717, 1.165) is 32.5 Å². The first-order valence-corrected chi connectivity index (χ1v) is 7.42. The minimum atomic E-state index is -3.00. The maximum Gasteiger partial charge on any atom is 0.211 e. The number of nitrogens with one attached hydrogen (secondary N) is 1. The van der Waals surface area contributed by atoms with Crippen LogP contribution in [-0.2, 0) is 10.0 Å². The monoisotopic (exact) mass is 234 g/mol. The summed E-state index contributed by atoms with van der Waals surface area (Å²) >= 11 is 0. The van der Waals surface area contributed by atoms with E-state index in [2.05, 4.69) is 16.5 Å². The molecule has 15 heavy (non-hydrogen) atoms. The van der Waals surface area contributed by atoms with Gasteiger partial charge in [-0.1, -0.05) is 6.92 Å². The molecule has 0 aromatic carbocycles. The van der Waals surface area contributed by atoms with E-state index in [1.807, 2.05) is 0 Å². The zero-order valence-corrected chi connectivity index (χ0v) is 10.5. The van der Waals surface area contributed by atoms with Gasteiger partial charge in [0.1, 0.15) is 0 Å². The van der Waals surface area contributed by atoms with Gasteiger partial charge in [0, 0.05) is 6.54 Å². The molecule has 1 rings (SSSR count). The Kier molecular flexibility index (Phi) is 5.02. The second-order valence-corrected chi connectivity index (χ2v) is 6.23. The van der Waals surface area contributed by atoms with Gasteiger partial charge in [-0.05, 0) is 45.3 Å². The Hall–Kier alpha value is -0.130. The van der Waals surface area contributed by atoms with E-state index in [9.17, 15) is 8.42 Å². The summed E-state index contributed by atoms with van der Waals surface area (Å²) in [5.41, 5.74) is 0. The van der Waals surface area contributed by atoms with Gasteiger partial charge in [-0.15, -0.1) is 0 Å². The number of likely N-dealkylation sites (tertiary alicyclic amines) is 1. The molecule has 1 aliphatic rings. The van der Waals surface area contributed by atoms with E-state index in [4.69, 9.17) is 0 Å². The molecule has 0 saturated carbocycles. The van der Waals surface area contributed by atoms with Crippen LogP contribution >= 0.6 is 0 Å². The highest BCUT2D eigenvalue weighted by Gasteiger charge is 2.19. The van der Waals surface area contributed by atoms with Gasteiger partial charge in [0.05, 0.1) is 5.75 Å². The molecule has 0 unspecified atom stereocenters. The molecule has 0 aromatic heterocycles. The van der Waals surface area contributed by atoms with Gasteiger partial charge in [0.2, 0.25) is 10.0 Å². The molecule has 0 aromatic rings. The zero-order valence-electron chi connectivity index (χ0n) is 9.70. The van der Waals surface area contributed by atoms with Crippen molar-refractivity contribution in [2.24, 2.45) is 5.92 Å². The molecule has 0 atom stereocenters. The summed E-state index contributed by atoms with van der Waals surface area (Å²) in [7, 11) is -3.00. The molecule has 1 fully saturated rings. The summed E-state index contributed by atoms with van der Waals surface area (Å²) in [5, 5.41) is 0. The predicted octanol–water partition coefficient (Wildman–Crippen LogP) is 0.658. The summed E-state index contributed by atoms with van der Waals surface area (Å²) in [6, 6.07) is 0. The highest BCUT2D eigenvalue weighted by Crippen LogP contribution is 2.15. The quantitative estimate of drug-likeness (QED) is 0.760. The van der Waals surface area contributed by atoms with Crippen LogP contribution in [0.5, 0.6) is 0 Å². The molecule has 0 amide bonds. The van der Waals surface area contributed by atoms with E-state index in [-0.39, 0.29) is 5.75 Å². The molecule has 0 bridgehead atoms. The third kappa shape index (κ3) is 4.49. The van der Waals surface area contributed by atoms with Crippen LogP contribution in [-0.4, -0.2) is 45.2 Å². The summed E-state index contributed by atoms with van der Waals surface area (Å²) in [6.45, 7) is 7.77. The smallest absolute Gasteiger partial charge is 0.211 e. The lowest BCUT2D eigenvalue weighted by molar-refractivity contribution is 0.194. The van der Waals surface area contributed by atoms with Gasteiger partial charge in [-0.2, -0.15) is 0 Å². The van der Waals surface area contributed by atoms with E-state index in [1.54, 1.807) is 6.92 Å². The number of rotatable bonds is 5. The fraction of sp³-hybridized carbons (Fsp3) is 1.00. The summed E-state index contributed by atoms with van der Waals surface area (Å²) < 4.78 is 25.1. The van der Waals surface area contributed by atoms with Gasteiger partial charge in [-0.3, -0.25) is 0 Å².